The van der Waals surface area contributed by atoms with Crippen LogP contribution in [0.25, 0.3) is 10.9 Å². The van der Waals surface area contributed by atoms with Gasteiger partial charge in [0.1, 0.15) is 11.6 Å². The van der Waals surface area contributed by atoms with Crippen molar-refractivity contribution in [3.8, 4) is 5.75 Å². The van der Waals surface area contributed by atoms with Crippen LogP contribution in [0.15, 0.2) is 83.7 Å². The molecule has 0 spiro atoms. The lowest BCUT2D eigenvalue weighted by Crippen LogP contribution is -2.28. The summed E-state index contributed by atoms with van der Waals surface area (Å²) in [6.45, 7) is 1.75. The van der Waals surface area contributed by atoms with Gasteiger partial charge in [-0.05, 0) is 58.0 Å². The molecule has 1 N–H and O–H groups in total. The summed E-state index contributed by atoms with van der Waals surface area (Å²) < 4.78 is 20.6. The number of rotatable bonds is 9. The number of hydrogen-bond donors (Lipinski definition) is 1. The zero-order valence-electron chi connectivity index (χ0n) is 19.8. The number of aromatic amines is 1. The van der Waals surface area contributed by atoms with Crippen molar-refractivity contribution in [3.63, 3.8) is 0 Å². The minimum Gasteiger partial charge on any atom is -0.497 e. The van der Waals surface area contributed by atoms with Gasteiger partial charge in [-0.2, -0.15) is 0 Å². The van der Waals surface area contributed by atoms with E-state index in [-0.39, 0.29) is 11.4 Å². The number of H-pyrrole nitrogens is 1. The first-order chi connectivity index (χ1) is 17.6. The summed E-state index contributed by atoms with van der Waals surface area (Å²) in [5.41, 5.74) is 3.16. The van der Waals surface area contributed by atoms with E-state index in [1.807, 2.05) is 54.6 Å². The number of nitrogens with zero attached hydrogens (tertiary/aromatic N) is 5. The van der Waals surface area contributed by atoms with Crippen molar-refractivity contribution < 1.29 is 9.13 Å². The molecule has 0 aliphatic carbocycles. The zero-order chi connectivity index (χ0) is 24.9. The number of benzene rings is 3. The number of hydrogen-bond acceptors (Lipinski definition) is 6. The van der Waals surface area contributed by atoms with Crippen LogP contribution in [-0.4, -0.2) is 37.2 Å². The molecule has 9 heteroatoms. The molecule has 0 bridgehead atoms. The molecule has 0 aliphatic heterocycles. The second-order valence-electron chi connectivity index (χ2n) is 8.59. The number of fused-ring (bicyclic) bond motifs is 1. The maximum absolute atomic E-state index is 13.5. The van der Waals surface area contributed by atoms with E-state index in [1.54, 1.807) is 23.9 Å². The van der Waals surface area contributed by atoms with Crippen LogP contribution < -0.4 is 10.3 Å². The maximum Gasteiger partial charge on any atom is 0.252 e. The summed E-state index contributed by atoms with van der Waals surface area (Å²) in [6.07, 6.45) is 0. The van der Waals surface area contributed by atoms with E-state index in [9.17, 15) is 9.18 Å². The molecule has 2 heterocycles. The van der Waals surface area contributed by atoms with Crippen molar-refractivity contribution in [1.29, 1.82) is 0 Å². The van der Waals surface area contributed by atoms with Gasteiger partial charge in [-0.3, -0.25) is 9.69 Å². The average Bonchev–Trinajstić information content (AvgIpc) is 3.32. The number of methoxy groups -OCH3 is 1. The molecular formula is C27H25FN6O2. The highest BCUT2D eigenvalue weighted by atomic mass is 19.1. The summed E-state index contributed by atoms with van der Waals surface area (Å²) in [5, 5.41) is 13.2. The molecule has 0 saturated carbocycles. The first-order valence-corrected chi connectivity index (χ1v) is 11.5. The largest absolute Gasteiger partial charge is 0.497 e. The molecule has 0 radical (unpaired) electrons. The predicted molar refractivity (Wildman–Crippen MR) is 134 cm³/mol. The van der Waals surface area contributed by atoms with Crippen molar-refractivity contribution in [2.75, 3.05) is 7.11 Å². The first-order valence-electron chi connectivity index (χ1n) is 11.5. The van der Waals surface area contributed by atoms with E-state index in [1.165, 1.54) is 12.1 Å². The SMILES string of the molecule is COc1ccc2[nH]c(=O)c(CN(Cc3ccc(F)cc3)Cc3nnnn3Cc3ccccc3)cc2c1. The lowest BCUT2D eigenvalue weighted by molar-refractivity contribution is 0.236. The summed E-state index contributed by atoms with van der Waals surface area (Å²) in [4.78, 5) is 17.9. The number of pyridine rings is 1. The average molecular weight is 485 g/mol. The van der Waals surface area contributed by atoms with Crippen LogP contribution in [0.2, 0.25) is 0 Å². The van der Waals surface area contributed by atoms with E-state index < -0.39 is 0 Å². The lowest BCUT2D eigenvalue weighted by atomic mass is 10.1. The Morgan fingerprint density at radius 3 is 2.53 bits per heavy atom. The Morgan fingerprint density at radius 2 is 1.75 bits per heavy atom. The van der Waals surface area contributed by atoms with Gasteiger partial charge < -0.3 is 9.72 Å². The van der Waals surface area contributed by atoms with Crippen LogP contribution in [0.4, 0.5) is 4.39 Å². The fourth-order valence-corrected chi connectivity index (χ4v) is 4.15. The monoisotopic (exact) mass is 484 g/mol. The highest BCUT2D eigenvalue weighted by Gasteiger charge is 2.16. The maximum atomic E-state index is 13.5. The van der Waals surface area contributed by atoms with E-state index in [0.29, 0.717) is 43.3 Å². The van der Waals surface area contributed by atoms with Crippen LogP contribution in [0.5, 0.6) is 5.75 Å². The van der Waals surface area contributed by atoms with Gasteiger partial charge in [0.2, 0.25) is 0 Å². The van der Waals surface area contributed by atoms with Crippen molar-refractivity contribution in [2.24, 2.45) is 0 Å². The van der Waals surface area contributed by atoms with E-state index in [4.69, 9.17) is 4.74 Å². The third kappa shape index (κ3) is 5.47. The van der Waals surface area contributed by atoms with Gasteiger partial charge in [0.25, 0.3) is 5.56 Å². The summed E-state index contributed by atoms with van der Waals surface area (Å²) in [6, 6.07) is 23.7. The molecule has 2 aromatic heterocycles. The molecule has 5 aromatic rings. The smallest absolute Gasteiger partial charge is 0.252 e. The Hall–Kier alpha value is -4.37. The minimum atomic E-state index is -0.294. The second kappa shape index (κ2) is 10.5. The second-order valence-corrected chi connectivity index (χ2v) is 8.59. The number of aromatic nitrogens is 5. The Balaban J connectivity index is 1.45. The number of ether oxygens (including phenoxy) is 1. The predicted octanol–water partition coefficient (Wildman–Crippen LogP) is 3.91. The van der Waals surface area contributed by atoms with Gasteiger partial charge in [-0.1, -0.05) is 42.5 Å². The topological polar surface area (TPSA) is 88.9 Å². The Labute approximate surface area is 207 Å². The van der Waals surface area contributed by atoms with E-state index in [2.05, 4.69) is 25.4 Å². The van der Waals surface area contributed by atoms with Gasteiger partial charge >= 0.3 is 0 Å². The number of nitrogens with one attached hydrogen (secondary N) is 1. The van der Waals surface area contributed by atoms with Gasteiger partial charge in [0.15, 0.2) is 5.82 Å². The van der Waals surface area contributed by atoms with Gasteiger partial charge in [0.05, 0.1) is 20.2 Å². The van der Waals surface area contributed by atoms with Crippen LogP contribution in [-0.2, 0) is 26.2 Å². The molecular weight excluding hydrogens is 459 g/mol. The van der Waals surface area contributed by atoms with Gasteiger partial charge in [0, 0.05) is 29.6 Å². The molecule has 5 rings (SSSR count). The third-order valence-electron chi connectivity index (χ3n) is 5.99. The normalized spacial score (nSPS) is 11.3. The summed E-state index contributed by atoms with van der Waals surface area (Å²) >= 11 is 0. The van der Waals surface area contributed by atoms with Gasteiger partial charge in [-0.25, -0.2) is 9.07 Å². The molecule has 3 aromatic carbocycles. The van der Waals surface area contributed by atoms with E-state index in [0.717, 1.165) is 22.0 Å². The fourth-order valence-electron chi connectivity index (χ4n) is 4.15. The molecule has 182 valence electrons. The standard InChI is InChI=1S/C27H25FN6O2/c1-36-24-11-12-25-21(14-24)13-22(27(35)29-25)17-33(15-20-7-9-23(28)10-8-20)18-26-30-31-32-34(26)16-19-5-3-2-4-6-19/h2-14H,15-18H2,1H3,(H,29,35). The van der Waals surface area contributed by atoms with E-state index >= 15 is 0 Å². The molecule has 0 fully saturated rings. The lowest BCUT2D eigenvalue weighted by Gasteiger charge is -2.22. The van der Waals surface area contributed by atoms with Crippen LogP contribution in [0, 0.1) is 5.82 Å². The highest BCUT2D eigenvalue weighted by Crippen LogP contribution is 2.20. The van der Waals surface area contributed by atoms with Crippen molar-refractivity contribution in [2.45, 2.75) is 26.2 Å². The molecule has 0 saturated heterocycles. The van der Waals surface area contributed by atoms with Crippen LogP contribution >= 0.6 is 0 Å². The Bertz CT molecular complexity index is 1520. The molecule has 0 unspecified atom stereocenters. The fraction of sp³-hybridized carbons (Fsp3) is 0.185. The Kier molecular flexibility index (Phi) is 6.81. The first kappa shape index (κ1) is 23.4. The number of halogens is 1. The molecule has 0 amide bonds. The molecule has 36 heavy (non-hydrogen) atoms. The Morgan fingerprint density at radius 1 is 0.944 bits per heavy atom. The van der Waals surface area contributed by atoms with Crippen molar-refractivity contribution >= 4 is 10.9 Å². The molecule has 0 aliphatic rings. The summed E-state index contributed by atoms with van der Waals surface area (Å²) in [7, 11) is 1.61. The third-order valence-corrected chi connectivity index (χ3v) is 5.99. The summed E-state index contributed by atoms with van der Waals surface area (Å²) in [5.74, 6) is 1.08. The molecule has 0 atom stereocenters. The van der Waals surface area contributed by atoms with Crippen LogP contribution in [0.3, 0.4) is 0 Å². The number of tetrazole rings is 1. The minimum absolute atomic E-state index is 0.166. The zero-order valence-corrected chi connectivity index (χ0v) is 19.8. The van der Waals surface area contributed by atoms with Gasteiger partial charge in [-0.15, -0.1) is 5.10 Å². The van der Waals surface area contributed by atoms with Crippen LogP contribution in [0.1, 0.15) is 22.5 Å². The van der Waals surface area contributed by atoms with Crippen molar-refractivity contribution in [1.82, 2.24) is 30.1 Å². The molecule has 8 nitrogen and oxygen atoms in total. The quantitative estimate of drug-likeness (QED) is 0.341. The highest BCUT2D eigenvalue weighted by molar-refractivity contribution is 5.80. The van der Waals surface area contributed by atoms with Crippen molar-refractivity contribution in [3.05, 3.63) is 118 Å².